The van der Waals surface area contributed by atoms with E-state index in [2.05, 4.69) is 26.1 Å². The highest BCUT2D eigenvalue weighted by Crippen LogP contribution is 2.26. The van der Waals surface area contributed by atoms with Gasteiger partial charge < -0.3 is 14.8 Å². The first-order chi connectivity index (χ1) is 12.2. The summed E-state index contributed by atoms with van der Waals surface area (Å²) in [6.07, 6.45) is -0.590. The van der Waals surface area contributed by atoms with Crippen molar-refractivity contribution in [1.29, 1.82) is 0 Å². The summed E-state index contributed by atoms with van der Waals surface area (Å²) in [7, 11) is 1.63. The Labute approximate surface area is 156 Å². The fourth-order valence-electron chi connectivity index (χ4n) is 2.72. The summed E-state index contributed by atoms with van der Waals surface area (Å²) in [4.78, 5) is 12.5. The fraction of sp³-hybridized carbons (Fsp3) is 0.409. The number of amides is 1. The Kier molecular flexibility index (Phi) is 6.30. The molecule has 0 bridgehead atoms. The molecule has 2 aromatic carbocycles. The number of methoxy groups -OCH3 is 1. The number of hydrogen-bond donors (Lipinski definition) is 1. The number of rotatable bonds is 6. The average molecular weight is 355 g/mol. The van der Waals surface area contributed by atoms with Gasteiger partial charge in [0, 0.05) is 5.56 Å². The molecule has 0 saturated carbocycles. The minimum absolute atomic E-state index is 0.0890. The van der Waals surface area contributed by atoms with Crippen molar-refractivity contribution in [3.8, 4) is 11.5 Å². The predicted molar refractivity (Wildman–Crippen MR) is 105 cm³/mol. The Morgan fingerprint density at radius 1 is 1.00 bits per heavy atom. The van der Waals surface area contributed by atoms with Gasteiger partial charge >= 0.3 is 0 Å². The first-order valence-electron chi connectivity index (χ1n) is 8.93. The predicted octanol–water partition coefficient (Wildman–Crippen LogP) is 4.64. The Morgan fingerprint density at radius 3 is 2.19 bits per heavy atom. The minimum Gasteiger partial charge on any atom is -0.496 e. The normalized spacial score (nSPS) is 13.6. The van der Waals surface area contributed by atoms with E-state index in [0.717, 1.165) is 11.3 Å². The molecule has 0 spiro atoms. The van der Waals surface area contributed by atoms with E-state index in [0.29, 0.717) is 5.75 Å². The van der Waals surface area contributed by atoms with E-state index in [1.54, 1.807) is 14.0 Å². The second-order valence-corrected chi connectivity index (χ2v) is 7.51. The van der Waals surface area contributed by atoms with Crippen LogP contribution in [-0.4, -0.2) is 19.1 Å². The zero-order chi connectivity index (χ0) is 19.3. The van der Waals surface area contributed by atoms with Crippen LogP contribution in [-0.2, 0) is 10.2 Å². The van der Waals surface area contributed by atoms with E-state index in [9.17, 15) is 4.79 Å². The summed E-state index contributed by atoms with van der Waals surface area (Å²) in [6, 6.07) is 15.4. The number of nitrogens with one attached hydrogen (secondary N) is 1. The molecule has 0 aliphatic rings. The molecule has 0 aromatic heterocycles. The number of carbonyl (C=O) groups is 1. The van der Waals surface area contributed by atoms with Gasteiger partial charge in [-0.05, 0) is 43.0 Å². The van der Waals surface area contributed by atoms with Crippen LogP contribution in [0.4, 0.5) is 0 Å². The molecule has 0 aliphatic carbocycles. The molecular weight excluding hydrogens is 326 g/mol. The van der Waals surface area contributed by atoms with Crippen molar-refractivity contribution in [2.24, 2.45) is 0 Å². The lowest BCUT2D eigenvalue weighted by molar-refractivity contribution is -0.127. The lowest BCUT2D eigenvalue weighted by atomic mass is 9.87. The molecule has 140 valence electrons. The minimum atomic E-state index is -0.590. The van der Waals surface area contributed by atoms with Crippen molar-refractivity contribution in [3.05, 3.63) is 59.7 Å². The largest absolute Gasteiger partial charge is 0.496 e. The van der Waals surface area contributed by atoms with Crippen molar-refractivity contribution in [2.75, 3.05) is 7.11 Å². The number of para-hydroxylation sites is 1. The van der Waals surface area contributed by atoms with Gasteiger partial charge in [-0.25, -0.2) is 0 Å². The third-order valence-corrected chi connectivity index (χ3v) is 4.37. The molecular formula is C22H29NO3. The molecule has 2 atom stereocenters. The van der Waals surface area contributed by atoms with Crippen LogP contribution in [0.2, 0.25) is 0 Å². The SMILES string of the molecule is COc1ccccc1[C@@H](C)NC(=O)[C@H](C)Oc1ccc(C(C)(C)C)cc1. The molecule has 2 rings (SSSR count). The summed E-state index contributed by atoms with van der Waals surface area (Å²) in [5.74, 6) is 1.28. The molecule has 1 amide bonds. The topological polar surface area (TPSA) is 47.6 Å². The Morgan fingerprint density at radius 2 is 1.62 bits per heavy atom. The van der Waals surface area contributed by atoms with Crippen LogP contribution < -0.4 is 14.8 Å². The van der Waals surface area contributed by atoms with Gasteiger partial charge in [0.2, 0.25) is 0 Å². The molecule has 1 N–H and O–H groups in total. The monoisotopic (exact) mass is 355 g/mol. The summed E-state index contributed by atoms with van der Waals surface area (Å²) < 4.78 is 11.2. The van der Waals surface area contributed by atoms with Crippen molar-refractivity contribution in [2.45, 2.75) is 52.2 Å². The van der Waals surface area contributed by atoms with Crippen LogP contribution >= 0.6 is 0 Å². The van der Waals surface area contributed by atoms with E-state index in [1.165, 1.54) is 5.56 Å². The summed E-state index contributed by atoms with van der Waals surface area (Å²) in [6.45, 7) is 10.2. The van der Waals surface area contributed by atoms with E-state index < -0.39 is 6.10 Å². The van der Waals surface area contributed by atoms with Crippen molar-refractivity contribution >= 4 is 5.91 Å². The number of ether oxygens (including phenoxy) is 2. The van der Waals surface area contributed by atoms with Crippen molar-refractivity contribution < 1.29 is 14.3 Å². The van der Waals surface area contributed by atoms with Crippen molar-refractivity contribution in [3.63, 3.8) is 0 Å². The summed E-state index contributed by atoms with van der Waals surface area (Å²) >= 11 is 0. The zero-order valence-electron chi connectivity index (χ0n) is 16.5. The number of hydrogen-bond acceptors (Lipinski definition) is 3. The van der Waals surface area contributed by atoms with Crippen LogP contribution in [0.25, 0.3) is 0 Å². The van der Waals surface area contributed by atoms with Gasteiger partial charge in [-0.2, -0.15) is 0 Å². The van der Waals surface area contributed by atoms with Crippen molar-refractivity contribution in [1.82, 2.24) is 5.32 Å². The number of benzene rings is 2. The van der Waals surface area contributed by atoms with Crippen LogP contribution in [0.5, 0.6) is 11.5 Å². The lowest BCUT2D eigenvalue weighted by Crippen LogP contribution is -2.37. The maximum atomic E-state index is 12.5. The van der Waals surface area contributed by atoms with Crippen LogP contribution in [0.3, 0.4) is 0 Å². The van der Waals surface area contributed by atoms with E-state index in [4.69, 9.17) is 9.47 Å². The lowest BCUT2D eigenvalue weighted by Gasteiger charge is -2.21. The highest BCUT2D eigenvalue weighted by molar-refractivity contribution is 5.81. The molecule has 2 aromatic rings. The standard InChI is InChI=1S/C22H29NO3/c1-15(19-9-7-8-10-20(19)25-6)23-21(24)16(2)26-18-13-11-17(12-14-18)22(3,4)5/h7-16H,1-6H3,(H,23,24)/t15-,16+/m1/s1. The van der Waals surface area contributed by atoms with Gasteiger partial charge in [-0.15, -0.1) is 0 Å². The highest BCUT2D eigenvalue weighted by atomic mass is 16.5. The van der Waals surface area contributed by atoms with Crippen LogP contribution in [0.1, 0.15) is 51.8 Å². The van der Waals surface area contributed by atoms with Crippen LogP contribution in [0.15, 0.2) is 48.5 Å². The maximum Gasteiger partial charge on any atom is 0.261 e. The van der Waals surface area contributed by atoms with Gasteiger partial charge in [-0.1, -0.05) is 51.1 Å². The van der Waals surface area contributed by atoms with Crippen LogP contribution in [0, 0.1) is 0 Å². The average Bonchev–Trinajstić information content (AvgIpc) is 2.61. The second kappa shape index (κ2) is 8.26. The van der Waals surface area contributed by atoms with Gasteiger partial charge in [0.1, 0.15) is 11.5 Å². The van der Waals surface area contributed by atoms with Gasteiger partial charge in [-0.3, -0.25) is 4.79 Å². The number of carbonyl (C=O) groups excluding carboxylic acids is 1. The molecule has 0 unspecified atom stereocenters. The van der Waals surface area contributed by atoms with E-state index in [-0.39, 0.29) is 17.4 Å². The molecule has 26 heavy (non-hydrogen) atoms. The molecule has 0 saturated heterocycles. The smallest absolute Gasteiger partial charge is 0.261 e. The van der Waals surface area contributed by atoms with Gasteiger partial charge in [0.15, 0.2) is 6.10 Å². The molecule has 0 heterocycles. The third-order valence-electron chi connectivity index (χ3n) is 4.37. The van der Waals surface area contributed by atoms with Gasteiger partial charge in [0.25, 0.3) is 5.91 Å². The first kappa shape index (κ1) is 19.8. The van der Waals surface area contributed by atoms with Gasteiger partial charge in [0.05, 0.1) is 13.2 Å². The van der Waals surface area contributed by atoms with E-state index >= 15 is 0 Å². The molecule has 0 fully saturated rings. The molecule has 0 radical (unpaired) electrons. The Hall–Kier alpha value is -2.49. The quantitative estimate of drug-likeness (QED) is 0.821. The maximum absolute atomic E-state index is 12.5. The zero-order valence-corrected chi connectivity index (χ0v) is 16.5. The fourth-order valence-corrected chi connectivity index (χ4v) is 2.72. The third kappa shape index (κ3) is 5.01. The summed E-state index contributed by atoms with van der Waals surface area (Å²) in [5, 5.41) is 2.98. The van der Waals surface area contributed by atoms with E-state index in [1.807, 2.05) is 55.5 Å². The summed E-state index contributed by atoms with van der Waals surface area (Å²) in [5.41, 5.74) is 2.25. The first-order valence-corrected chi connectivity index (χ1v) is 8.93. The Balaban J connectivity index is 1.99. The molecule has 4 nitrogen and oxygen atoms in total. The highest BCUT2D eigenvalue weighted by Gasteiger charge is 2.20. The second-order valence-electron chi connectivity index (χ2n) is 7.51. The Bertz CT molecular complexity index is 732. The molecule has 0 aliphatic heterocycles. The molecule has 4 heteroatoms.